The highest BCUT2D eigenvalue weighted by molar-refractivity contribution is 7.99. The molecule has 1 saturated heterocycles. The molecule has 2 aromatic carbocycles. The van der Waals surface area contributed by atoms with Gasteiger partial charge in [0.2, 0.25) is 5.91 Å². The van der Waals surface area contributed by atoms with Gasteiger partial charge in [-0.2, -0.15) is 0 Å². The van der Waals surface area contributed by atoms with E-state index in [4.69, 9.17) is 21.1 Å². The van der Waals surface area contributed by atoms with Crippen LogP contribution < -0.4 is 9.47 Å². The number of fused-ring (bicyclic) bond motifs is 1. The molecule has 1 amide bonds. The molecule has 1 atom stereocenters. The van der Waals surface area contributed by atoms with Crippen molar-refractivity contribution in [3.8, 4) is 17.2 Å². The lowest BCUT2D eigenvalue weighted by Crippen LogP contribution is -2.32. The number of carbonyl (C=O) groups excluding carboxylic acids is 1. The molecule has 1 unspecified atom stereocenters. The zero-order chi connectivity index (χ0) is 21.9. The molecule has 0 radical (unpaired) electrons. The number of benzene rings is 2. The number of carbonyl (C=O) groups is 1. The highest BCUT2D eigenvalue weighted by atomic mass is 35.5. The van der Waals surface area contributed by atoms with Crippen LogP contribution in [0, 0.1) is 0 Å². The van der Waals surface area contributed by atoms with Crippen molar-refractivity contribution < 1.29 is 14.3 Å². The average Bonchev–Trinajstić information content (AvgIpc) is 3.42. The van der Waals surface area contributed by atoms with Crippen LogP contribution in [0.4, 0.5) is 0 Å². The quantitative estimate of drug-likeness (QED) is 0.510. The van der Waals surface area contributed by atoms with Crippen LogP contribution in [0.3, 0.4) is 0 Å². The van der Waals surface area contributed by atoms with Gasteiger partial charge in [0.25, 0.3) is 0 Å². The zero-order valence-corrected chi connectivity index (χ0v) is 19.0. The van der Waals surface area contributed by atoms with Gasteiger partial charge in [0.15, 0.2) is 16.7 Å². The number of hydrogen-bond donors (Lipinski definition) is 0. The summed E-state index contributed by atoms with van der Waals surface area (Å²) in [5, 5.41) is 9.50. The highest BCUT2D eigenvalue weighted by Crippen LogP contribution is 2.38. The van der Waals surface area contributed by atoms with Crippen molar-refractivity contribution in [3.63, 3.8) is 0 Å². The van der Waals surface area contributed by atoms with E-state index >= 15 is 0 Å². The monoisotopic (exact) mass is 470 g/mol. The molecule has 0 aliphatic carbocycles. The predicted molar refractivity (Wildman–Crippen MR) is 123 cm³/mol. The molecule has 5 rings (SSSR count). The van der Waals surface area contributed by atoms with Gasteiger partial charge >= 0.3 is 0 Å². The molecule has 9 heteroatoms. The summed E-state index contributed by atoms with van der Waals surface area (Å²) in [5.41, 5.74) is 1.95. The Kier molecular flexibility index (Phi) is 6.23. The molecule has 1 fully saturated rings. The number of hydrogen-bond acceptors (Lipinski definition) is 6. The Bertz CT molecular complexity index is 1120. The van der Waals surface area contributed by atoms with E-state index in [1.54, 1.807) is 6.33 Å². The third-order valence-corrected chi connectivity index (χ3v) is 6.82. The van der Waals surface area contributed by atoms with Gasteiger partial charge in [-0.15, -0.1) is 10.2 Å². The molecular weight excluding hydrogens is 448 g/mol. The summed E-state index contributed by atoms with van der Waals surface area (Å²) in [6.45, 7) is 2.06. The van der Waals surface area contributed by atoms with Gasteiger partial charge in [-0.3, -0.25) is 9.36 Å². The second-order valence-electron chi connectivity index (χ2n) is 7.75. The number of likely N-dealkylation sites (tertiary alicyclic amines) is 1. The topological polar surface area (TPSA) is 69.5 Å². The maximum absolute atomic E-state index is 13.1. The standard InChI is InChI=1S/C23H23ClN4O3S/c24-17-4-1-5-18(13-17)28-15-25-26-23(28)32-14-22(29)27-9-2-6-19(27)16-7-8-20-21(12-16)31-11-3-10-30-20/h1,4-5,7-8,12-13,15,19H,2-3,6,9-11,14H2. The lowest BCUT2D eigenvalue weighted by atomic mass is 10.0. The first-order valence-electron chi connectivity index (χ1n) is 10.7. The van der Waals surface area contributed by atoms with Crippen LogP contribution in [-0.4, -0.2) is 51.1 Å². The zero-order valence-electron chi connectivity index (χ0n) is 17.4. The first kappa shape index (κ1) is 21.2. The van der Waals surface area contributed by atoms with Crippen molar-refractivity contribution in [3.05, 3.63) is 59.4 Å². The van der Waals surface area contributed by atoms with Gasteiger partial charge in [0.1, 0.15) is 6.33 Å². The number of halogens is 1. The van der Waals surface area contributed by atoms with Crippen molar-refractivity contribution in [1.82, 2.24) is 19.7 Å². The van der Waals surface area contributed by atoms with Gasteiger partial charge in [-0.1, -0.05) is 35.5 Å². The number of nitrogens with zero attached hydrogens (tertiary/aromatic N) is 4. The van der Waals surface area contributed by atoms with Crippen molar-refractivity contribution in [2.45, 2.75) is 30.5 Å². The van der Waals surface area contributed by atoms with Crippen molar-refractivity contribution >= 4 is 29.3 Å². The SMILES string of the molecule is O=C(CSc1nncn1-c1cccc(Cl)c1)N1CCCC1c1ccc2c(c1)OCCCO2. The fraction of sp³-hybridized carbons (Fsp3) is 0.348. The van der Waals surface area contributed by atoms with Crippen LogP contribution in [0.25, 0.3) is 5.69 Å². The van der Waals surface area contributed by atoms with Crippen LogP contribution in [0.2, 0.25) is 5.02 Å². The molecular formula is C23H23ClN4O3S. The van der Waals surface area contributed by atoms with Crippen LogP contribution in [0.5, 0.6) is 11.5 Å². The molecule has 3 heterocycles. The molecule has 2 aliphatic rings. The lowest BCUT2D eigenvalue weighted by molar-refractivity contribution is -0.129. The van der Waals surface area contributed by atoms with E-state index in [-0.39, 0.29) is 11.9 Å². The Morgan fingerprint density at radius 1 is 1.12 bits per heavy atom. The first-order valence-corrected chi connectivity index (χ1v) is 12.0. The summed E-state index contributed by atoms with van der Waals surface area (Å²) in [6, 6.07) is 13.6. The largest absolute Gasteiger partial charge is 0.490 e. The summed E-state index contributed by atoms with van der Waals surface area (Å²) in [4.78, 5) is 15.1. The molecule has 2 aliphatic heterocycles. The number of amides is 1. The van der Waals surface area contributed by atoms with Crippen molar-refractivity contribution in [2.24, 2.45) is 0 Å². The second kappa shape index (κ2) is 9.42. The fourth-order valence-electron chi connectivity index (χ4n) is 4.13. The minimum atomic E-state index is 0.0473. The van der Waals surface area contributed by atoms with Crippen LogP contribution >= 0.6 is 23.4 Å². The van der Waals surface area contributed by atoms with Gasteiger partial charge in [-0.25, -0.2) is 0 Å². The van der Waals surface area contributed by atoms with E-state index in [2.05, 4.69) is 10.2 Å². The Morgan fingerprint density at radius 3 is 2.88 bits per heavy atom. The summed E-state index contributed by atoms with van der Waals surface area (Å²) in [7, 11) is 0. The van der Waals surface area contributed by atoms with Crippen LogP contribution in [0.1, 0.15) is 30.9 Å². The normalized spacial score (nSPS) is 17.9. The van der Waals surface area contributed by atoms with Gasteiger partial charge in [0, 0.05) is 18.0 Å². The third-order valence-electron chi connectivity index (χ3n) is 5.66. The van der Waals surface area contributed by atoms with Gasteiger partial charge < -0.3 is 14.4 Å². The van der Waals surface area contributed by atoms with Crippen LogP contribution in [0.15, 0.2) is 53.9 Å². The molecule has 0 saturated carbocycles. The Labute approximate surface area is 195 Å². The van der Waals surface area contributed by atoms with Gasteiger partial charge in [-0.05, 0) is 48.7 Å². The molecule has 1 aromatic heterocycles. The smallest absolute Gasteiger partial charge is 0.233 e. The highest BCUT2D eigenvalue weighted by Gasteiger charge is 2.31. The Hall–Kier alpha value is -2.71. The van der Waals surface area contributed by atoms with E-state index in [9.17, 15) is 4.79 Å². The van der Waals surface area contributed by atoms with Crippen LogP contribution in [-0.2, 0) is 4.79 Å². The minimum Gasteiger partial charge on any atom is -0.490 e. The van der Waals surface area contributed by atoms with Crippen molar-refractivity contribution in [1.29, 1.82) is 0 Å². The second-order valence-corrected chi connectivity index (χ2v) is 9.13. The fourth-order valence-corrected chi connectivity index (χ4v) is 5.13. The number of aromatic nitrogens is 3. The summed E-state index contributed by atoms with van der Waals surface area (Å²) < 4.78 is 13.4. The molecule has 0 spiro atoms. The number of rotatable bonds is 5. The van der Waals surface area contributed by atoms with E-state index < -0.39 is 0 Å². The molecule has 3 aromatic rings. The number of thioether (sulfide) groups is 1. The Balaban J connectivity index is 1.28. The van der Waals surface area contributed by atoms with E-state index in [1.165, 1.54) is 11.8 Å². The summed E-state index contributed by atoms with van der Waals surface area (Å²) >= 11 is 7.50. The predicted octanol–water partition coefficient (Wildman–Crippen LogP) is 4.54. The minimum absolute atomic E-state index is 0.0473. The Morgan fingerprint density at radius 2 is 2.00 bits per heavy atom. The molecule has 7 nitrogen and oxygen atoms in total. The first-order chi connectivity index (χ1) is 15.7. The van der Waals surface area contributed by atoms with E-state index in [1.807, 2.05) is 51.9 Å². The summed E-state index contributed by atoms with van der Waals surface area (Å²) in [6.07, 6.45) is 4.42. The number of ether oxygens (including phenoxy) is 2. The lowest BCUT2D eigenvalue weighted by Gasteiger charge is -2.25. The maximum Gasteiger partial charge on any atom is 0.233 e. The molecule has 0 bridgehead atoms. The molecule has 0 N–H and O–H groups in total. The van der Waals surface area contributed by atoms with E-state index in [0.717, 1.165) is 48.6 Å². The summed E-state index contributed by atoms with van der Waals surface area (Å²) in [5.74, 6) is 1.92. The third kappa shape index (κ3) is 4.42. The molecule has 32 heavy (non-hydrogen) atoms. The van der Waals surface area contributed by atoms with E-state index in [0.29, 0.717) is 29.1 Å². The average molecular weight is 471 g/mol. The van der Waals surface area contributed by atoms with Gasteiger partial charge in [0.05, 0.1) is 30.7 Å². The maximum atomic E-state index is 13.1. The molecule has 166 valence electrons. The van der Waals surface area contributed by atoms with Crippen molar-refractivity contribution in [2.75, 3.05) is 25.5 Å².